The summed E-state index contributed by atoms with van der Waals surface area (Å²) >= 11 is 5.94. The molecule has 0 fully saturated rings. The van der Waals surface area contributed by atoms with E-state index in [9.17, 15) is 9.59 Å². The Morgan fingerprint density at radius 2 is 2.17 bits per heavy atom. The van der Waals surface area contributed by atoms with Gasteiger partial charge < -0.3 is 11.1 Å². The lowest BCUT2D eigenvalue weighted by atomic mass is 10.2. The summed E-state index contributed by atoms with van der Waals surface area (Å²) in [4.78, 5) is 22.8. The molecular weight excluding hydrogens is 256 g/mol. The minimum Gasteiger partial charge on any atom is -0.371 e. The normalized spacial score (nSPS) is 12.5. The van der Waals surface area contributed by atoms with Gasteiger partial charge in [-0.15, -0.1) is 0 Å². The maximum absolute atomic E-state index is 11.9. The first-order valence-corrected chi connectivity index (χ1v) is 6.02. The minimum absolute atomic E-state index is 0.0127. The van der Waals surface area contributed by atoms with Crippen LogP contribution in [0.3, 0.4) is 0 Å². The van der Waals surface area contributed by atoms with Crippen LogP contribution >= 0.6 is 11.6 Å². The van der Waals surface area contributed by atoms with Crippen LogP contribution in [-0.2, 0) is 11.3 Å². The molecule has 3 N–H and O–H groups in total. The van der Waals surface area contributed by atoms with Gasteiger partial charge in [0.2, 0.25) is 5.91 Å². The maximum Gasteiger partial charge on any atom is 0.287 e. The van der Waals surface area contributed by atoms with E-state index < -0.39 is 11.9 Å². The smallest absolute Gasteiger partial charge is 0.287 e. The zero-order valence-electron chi connectivity index (χ0n) is 10.6. The van der Waals surface area contributed by atoms with E-state index in [0.29, 0.717) is 12.2 Å². The van der Waals surface area contributed by atoms with Crippen LogP contribution in [0.1, 0.15) is 20.8 Å². The summed E-state index contributed by atoms with van der Waals surface area (Å²) in [5.74, 6) is -0.243. The van der Waals surface area contributed by atoms with Gasteiger partial charge in [0.05, 0.1) is 11.9 Å². The zero-order valence-corrected chi connectivity index (χ0v) is 11.4. The van der Waals surface area contributed by atoms with Crippen molar-refractivity contribution in [2.45, 2.75) is 33.4 Å². The number of rotatable bonds is 5. The summed E-state index contributed by atoms with van der Waals surface area (Å²) < 4.78 is 1.30. The van der Waals surface area contributed by atoms with Gasteiger partial charge in [0.1, 0.15) is 11.1 Å². The van der Waals surface area contributed by atoms with Crippen LogP contribution < -0.4 is 16.6 Å². The highest BCUT2D eigenvalue weighted by atomic mass is 35.5. The molecule has 100 valence electrons. The van der Waals surface area contributed by atoms with Crippen molar-refractivity contribution in [1.29, 1.82) is 0 Å². The van der Waals surface area contributed by atoms with Gasteiger partial charge in [-0.05, 0) is 12.8 Å². The Kier molecular flexibility index (Phi) is 4.72. The average molecular weight is 273 g/mol. The highest BCUT2D eigenvalue weighted by Crippen LogP contribution is 2.16. The molecule has 6 nitrogen and oxygen atoms in total. The van der Waals surface area contributed by atoms with E-state index in [1.807, 2.05) is 13.8 Å². The fraction of sp³-hybridized carbons (Fsp3) is 0.545. The van der Waals surface area contributed by atoms with Crippen LogP contribution in [-0.4, -0.2) is 21.7 Å². The summed E-state index contributed by atoms with van der Waals surface area (Å²) in [5.41, 5.74) is 5.05. The molecule has 0 saturated carbocycles. The van der Waals surface area contributed by atoms with Crippen molar-refractivity contribution < 1.29 is 4.79 Å². The van der Waals surface area contributed by atoms with Crippen LogP contribution in [0.5, 0.6) is 0 Å². The fourth-order valence-electron chi connectivity index (χ4n) is 1.35. The number of amides is 1. The number of nitrogens with two attached hydrogens (primary N) is 1. The highest BCUT2D eigenvalue weighted by molar-refractivity contribution is 6.33. The van der Waals surface area contributed by atoms with Crippen LogP contribution in [0.2, 0.25) is 5.02 Å². The Morgan fingerprint density at radius 1 is 1.56 bits per heavy atom. The van der Waals surface area contributed by atoms with Gasteiger partial charge in [-0.3, -0.25) is 9.59 Å². The quantitative estimate of drug-likeness (QED) is 0.831. The fourth-order valence-corrected chi connectivity index (χ4v) is 1.55. The molecule has 1 amide bonds. The topological polar surface area (TPSA) is 90.0 Å². The van der Waals surface area contributed by atoms with Crippen molar-refractivity contribution >= 4 is 23.2 Å². The molecule has 7 heteroatoms. The van der Waals surface area contributed by atoms with E-state index in [4.69, 9.17) is 17.3 Å². The standard InChI is InChI=1S/C11H17ClN4O2/c1-6(2)5-16-11(18)9(12)8(4-14-16)15-7(3)10(13)17/h4,6-7,15H,5H2,1-3H3,(H2,13,17). The van der Waals surface area contributed by atoms with Crippen LogP contribution in [0.15, 0.2) is 11.0 Å². The molecule has 1 aromatic heterocycles. The highest BCUT2D eigenvalue weighted by Gasteiger charge is 2.14. The number of aromatic nitrogens is 2. The lowest BCUT2D eigenvalue weighted by Gasteiger charge is -2.14. The molecular formula is C11H17ClN4O2. The van der Waals surface area contributed by atoms with Gasteiger partial charge in [-0.1, -0.05) is 25.4 Å². The van der Waals surface area contributed by atoms with Gasteiger partial charge >= 0.3 is 0 Å². The first kappa shape index (κ1) is 14.5. The van der Waals surface area contributed by atoms with E-state index in [-0.39, 0.29) is 16.5 Å². The van der Waals surface area contributed by atoms with Crippen molar-refractivity contribution in [2.24, 2.45) is 11.7 Å². The predicted octanol–water partition coefficient (Wildman–Crippen LogP) is 0.838. The van der Waals surface area contributed by atoms with Gasteiger partial charge in [0.25, 0.3) is 5.56 Å². The Balaban J connectivity index is 3.01. The molecule has 0 saturated heterocycles. The number of carbonyl (C=O) groups excluding carboxylic acids is 1. The Labute approximate surface area is 110 Å². The molecule has 1 unspecified atom stereocenters. The first-order valence-electron chi connectivity index (χ1n) is 5.64. The molecule has 0 aliphatic carbocycles. The summed E-state index contributed by atoms with van der Waals surface area (Å²) in [6.45, 7) is 6.02. The number of primary amides is 1. The molecule has 0 spiro atoms. The first-order chi connectivity index (χ1) is 8.32. The van der Waals surface area contributed by atoms with Gasteiger partial charge in [0.15, 0.2) is 0 Å². The number of anilines is 1. The van der Waals surface area contributed by atoms with Crippen molar-refractivity contribution in [2.75, 3.05) is 5.32 Å². The zero-order chi connectivity index (χ0) is 13.9. The third kappa shape index (κ3) is 3.46. The van der Waals surface area contributed by atoms with Gasteiger partial charge in [0, 0.05) is 6.54 Å². The number of hydrogen-bond donors (Lipinski definition) is 2. The third-order valence-corrected chi connectivity index (χ3v) is 2.69. The summed E-state index contributed by atoms with van der Waals surface area (Å²) in [6, 6.07) is -0.621. The number of carbonyl (C=O) groups is 1. The summed E-state index contributed by atoms with van der Waals surface area (Å²) in [7, 11) is 0. The molecule has 0 aromatic carbocycles. The Bertz CT molecular complexity index is 498. The number of nitrogens with one attached hydrogen (secondary N) is 1. The van der Waals surface area contributed by atoms with Crippen LogP contribution in [0.4, 0.5) is 5.69 Å². The molecule has 1 heterocycles. The van der Waals surface area contributed by atoms with Gasteiger partial charge in [-0.25, -0.2) is 4.68 Å². The molecule has 18 heavy (non-hydrogen) atoms. The Morgan fingerprint density at radius 3 is 2.67 bits per heavy atom. The second-order valence-corrected chi connectivity index (χ2v) is 4.90. The molecule has 1 rings (SSSR count). The lowest BCUT2D eigenvalue weighted by Crippen LogP contribution is -2.34. The van der Waals surface area contributed by atoms with Crippen molar-refractivity contribution in [3.8, 4) is 0 Å². The Hall–Kier alpha value is -1.56. The molecule has 0 aliphatic rings. The van der Waals surface area contributed by atoms with Crippen molar-refractivity contribution in [1.82, 2.24) is 9.78 Å². The third-order valence-electron chi connectivity index (χ3n) is 2.32. The summed E-state index contributed by atoms with van der Waals surface area (Å²) in [6.07, 6.45) is 1.42. The largest absolute Gasteiger partial charge is 0.371 e. The van der Waals surface area contributed by atoms with Crippen molar-refractivity contribution in [3.05, 3.63) is 21.6 Å². The SMILES string of the molecule is CC(C)Cn1ncc(NC(C)C(N)=O)c(Cl)c1=O. The molecule has 0 radical (unpaired) electrons. The monoisotopic (exact) mass is 272 g/mol. The summed E-state index contributed by atoms with van der Waals surface area (Å²) in [5, 5.41) is 6.76. The molecule has 1 atom stereocenters. The second-order valence-electron chi connectivity index (χ2n) is 4.52. The van der Waals surface area contributed by atoms with E-state index in [0.717, 1.165) is 0 Å². The molecule has 0 aliphatic heterocycles. The number of nitrogens with zero attached hydrogens (tertiary/aromatic N) is 2. The molecule has 1 aromatic rings. The average Bonchev–Trinajstić information content (AvgIpc) is 2.28. The lowest BCUT2D eigenvalue weighted by molar-refractivity contribution is -0.118. The van der Waals surface area contributed by atoms with Gasteiger partial charge in [-0.2, -0.15) is 5.10 Å². The second kappa shape index (κ2) is 5.86. The predicted molar refractivity (Wildman–Crippen MR) is 70.6 cm³/mol. The van der Waals surface area contributed by atoms with Crippen LogP contribution in [0.25, 0.3) is 0 Å². The number of halogens is 1. The van der Waals surface area contributed by atoms with E-state index in [2.05, 4.69) is 10.4 Å². The van der Waals surface area contributed by atoms with E-state index >= 15 is 0 Å². The van der Waals surface area contributed by atoms with E-state index in [1.54, 1.807) is 6.92 Å². The minimum atomic E-state index is -0.621. The molecule has 0 bridgehead atoms. The maximum atomic E-state index is 11.9. The van der Waals surface area contributed by atoms with E-state index in [1.165, 1.54) is 10.9 Å². The number of hydrogen-bond acceptors (Lipinski definition) is 4. The van der Waals surface area contributed by atoms with Crippen LogP contribution in [0, 0.1) is 5.92 Å². The van der Waals surface area contributed by atoms with Crippen molar-refractivity contribution in [3.63, 3.8) is 0 Å².